The number of carbonyl (C=O) groups is 2. The zero-order chi connectivity index (χ0) is 14.7. The minimum Gasteiger partial charge on any atom is -0.478 e. The normalized spacial score (nSPS) is 10.1. The van der Waals surface area contributed by atoms with Crippen LogP contribution in [0.1, 0.15) is 26.4 Å². The molecule has 0 saturated heterocycles. The molecule has 4 N–H and O–H groups in total. The number of rotatable bonds is 3. The van der Waals surface area contributed by atoms with Gasteiger partial charge >= 0.3 is 5.97 Å². The van der Waals surface area contributed by atoms with E-state index in [1.807, 2.05) is 0 Å². The Morgan fingerprint density at radius 3 is 2.65 bits per heavy atom. The molecule has 0 fully saturated rings. The third kappa shape index (κ3) is 2.74. The van der Waals surface area contributed by atoms with Crippen LogP contribution in [0.5, 0.6) is 0 Å². The van der Waals surface area contributed by atoms with Gasteiger partial charge in [0.2, 0.25) is 0 Å². The Bertz CT molecular complexity index is 683. The van der Waals surface area contributed by atoms with Gasteiger partial charge in [0.1, 0.15) is 0 Å². The lowest BCUT2D eigenvalue weighted by molar-refractivity contribution is 0.0697. The van der Waals surface area contributed by atoms with Crippen LogP contribution in [0.15, 0.2) is 36.5 Å². The van der Waals surface area contributed by atoms with Crippen molar-refractivity contribution in [1.82, 2.24) is 4.98 Å². The highest BCUT2D eigenvalue weighted by molar-refractivity contribution is 6.06. The molecule has 0 aliphatic rings. The molecule has 0 aliphatic carbocycles. The van der Waals surface area contributed by atoms with Crippen molar-refractivity contribution in [1.29, 1.82) is 0 Å². The van der Waals surface area contributed by atoms with E-state index in [0.29, 0.717) is 16.9 Å². The molecule has 6 heteroatoms. The number of carboxylic acid groups (broad SMARTS) is 1. The summed E-state index contributed by atoms with van der Waals surface area (Å²) in [5, 5.41) is 11.5. The SMILES string of the molecule is Cc1ncccc1C(=O)Nc1ccc(C(=O)O)cc1N. The lowest BCUT2D eigenvalue weighted by atomic mass is 10.1. The Labute approximate surface area is 115 Å². The highest BCUT2D eigenvalue weighted by Crippen LogP contribution is 2.21. The molecule has 1 heterocycles. The number of pyridine rings is 1. The molecule has 1 amide bonds. The maximum Gasteiger partial charge on any atom is 0.335 e. The first-order valence-electron chi connectivity index (χ1n) is 5.85. The van der Waals surface area contributed by atoms with Crippen LogP contribution in [-0.2, 0) is 0 Å². The molecule has 0 spiro atoms. The summed E-state index contributed by atoms with van der Waals surface area (Å²) >= 11 is 0. The number of anilines is 2. The number of nitrogens with zero attached hydrogens (tertiary/aromatic N) is 1. The maximum atomic E-state index is 12.1. The molecule has 1 aromatic heterocycles. The number of aromatic carboxylic acids is 1. The van der Waals surface area contributed by atoms with Crippen molar-refractivity contribution in [3.05, 3.63) is 53.3 Å². The molecule has 0 atom stereocenters. The summed E-state index contributed by atoms with van der Waals surface area (Å²) in [6, 6.07) is 7.46. The predicted molar refractivity (Wildman–Crippen MR) is 74.7 cm³/mol. The fourth-order valence-corrected chi connectivity index (χ4v) is 1.72. The van der Waals surface area contributed by atoms with E-state index in [-0.39, 0.29) is 17.2 Å². The van der Waals surface area contributed by atoms with Crippen molar-refractivity contribution in [3.8, 4) is 0 Å². The van der Waals surface area contributed by atoms with Crippen LogP contribution in [0.25, 0.3) is 0 Å². The summed E-state index contributed by atoms with van der Waals surface area (Å²) in [7, 11) is 0. The molecule has 20 heavy (non-hydrogen) atoms. The number of carbonyl (C=O) groups excluding carboxylic acids is 1. The van der Waals surface area contributed by atoms with Crippen LogP contribution < -0.4 is 11.1 Å². The highest BCUT2D eigenvalue weighted by Gasteiger charge is 2.12. The molecule has 102 valence electrons. The predicted octanol–water partition coefficient (Wildman–Crippen LogP) is 1.92. The molecule has 2 rings (SSSR count). The Balaban J connectivity index is 2.25. The van der Waals surface area contributed by atoms with Crippen molar-refractivity contribution < 1.29 is 14.7 Å². The number of carboxylic acids is 1. The fourth-order valence-electron chi connectivity index (χ4n) is 1.72. The van der Waals surface area contributed by atoms with Gasteiger partial charge < -0.3 is 16.2 Å². The van der Waals surface area contributed by atoms with Gasteiger partial charge in [-0.25, -0.2) is 4.79 Å². The van der Waals surface area contributed by atoms with E-state index in [9.17, 15) is 9.59 Å². The van der Waals surface area contributed by atoms with Gasteiger partial charge in [-0.2, -0.15) is 0 Å². The van der Waals surface area contributed by atoms with E-state index in [1.165, 1.54) is 18.2 Å². The van der Waals surface area contributed by atoms with Crippen LogP contribution in [-0.4, -0.2) is 22.0 Å². The van der Waals surface area contributed by atoms with Crippen molar-refractivity contribution >= 4 is 23.3 Å². The topological polar surface area (TPSA) is 105 Å². The Hall–Kier alpha value is -2.89. The standard InChI is InChI=1S/C14H13N3O3/c1-8-10(3-2-6-16-8)13(18)17-12-5-4-9(14(19)20)7-11(12)15/h2-7H,15H2,1H3,(H,17,18)(H,19,20). The number of aromatic nitrogens is 1. The molecule has 0 unspecified atom stereocenters. The smallest absolute Gasteiger partial charge is 0.335 e. The van der Waals surface area contributed by atoms with Crippen molar-refractivity contribution in [2.24, 2.45) is 0 Å². The molecule has 0 aliphatic heterocycles. The number of aryl methyl sites for hydroxylation is 1. The lowest BCUT2D eigenvalue weighted by Gasteiger charge is -2.10. The minimum atomic E-state index is -1.07. The summed E-state index contributed by atoms with van der Waals surface area (Å²) in [5.41, 5.74) is 7.40. The van der Waals surface area contributed by atoms with Gasteiger partial charge in [-0.05, 0) is 37.3 Å². The third-order valence-electron chi connectivity index (χ3n) is 2.80. The van der Waals surface area contributed by atoms with Gasteiger partial charge in [0, 0.05) is 11.9 Å². The quantitative estimate of drug-likeness (QED) is 0.739. The summed E-state index contributed by atoms with van der Waals surface area (Å²) < 4.78 is 0. The zero-order valence-electron chi connectivity index (χ0n) is 10.8. The van der Waals surface area contributed by atoms with Crippen LogP contribution in [0.3, 0.4) is 0 Å². The monoisotopic (exact) mass is 271 g/mol. The van der Waals surface area contributed by atoms with Crippen molar-refractivity contribution in [3.63, 3.8) is 0 Å². The van der Waals surface area contributed by atoms with E-state index in [2.05, 4.69) is 10.3 Å². The zero-order valence-corrected chi connectivity index (χ0v) is 10.8. The first kappa shape index (κ1) is 13.5. The lowest BCUT2D eigenvalue weighted by Crippen LogP contribution is -2.15. The van der Waals surface area contributed by atoms with E-state index in [0.717, 1.165) is 0 Å². The number of amides is 1. The summed E-state index contributed by atoms with van der Waals surface area (Å²) in [6.45, 7) is 1.73. The Morgan fingerprint density at radius 2 is 2.05 bits per heavy atom. The van der Waals surface area contributed by atoms with Crippen molar-refractivity contribution in [2.45, 2.75) is 6.92 Å². The fraction of sp³-hybridized carbons (Fsp3) is 0.0714. The number of hydrogen-bond donors (Lipinski definition) is 3. The number of nitrogens with two attached hydrogens (primary N) is 1. The molecule has 2 aromatic rings. The molecular formula is C14H13N3O3. The van der Waals surface area contributed by atoms with Crippen LogP contribution >= 0.6 is 0 Å². The minimum absolute atomic E-state index is 0.0676. The van der Waals surface area contributed by atoms with Crippen molar-refractivity contribution in [2.75, 3.05) is 11.1 Å². The van der Waals surface area contributed by atoms with Gasteiger partial charge in [-0.3, -0.25) is 9.78 Å². The number of nitrogen functional groups attached to an aromatic ring is 1. The van der Waals surface area contributed by atoms with Gasteiger partial charge in [-0.1, -0.05) is 0 Å². The van der Waals surface area contributed by atoms with Crippen LogP contribution in [0.2, 0.25) is 0 Å². The van der Waals surface area contributed by atoms with E-state index in [1.54, 1.807) is 25.3 Å². The number of hydrogen-bond acceptors (Lipinski definition) is 4. The summed E-state index contributed by atoms with van der Waals surface area (Å²) in [6.07, 6.45) is 1.60. The molecule has 0 bridgehead atoms. The van der Waals surface area contributed by atoms with E-state index >= 15 is 0 Å². The van der Waals surface area contributed by atoms with Gasteiger partial charge in [0.15, 0.2) is 0 Å². The summed E-state index contributed by atoms with van der Waals surface area (Å²) in [4.78, 5) is 26.9. The average molecular weight is 271 g/mol. The number of nitrogens with one attached hydrogen (secondary N) is 1. The largest absolute Gasteiger partial charge is 0.478 e. The second kappa shape index (κ2) is 5.40. The Morgan fingerprint density at radius 1 is 1.30 bits per heavy atom. The van der Waals surface area contributed by atoms with Gasteiger partial charge in [0.05, 0.1) is 22.5 Å². The molecule has 1 aromatic carbocycles. The first-order chi connectivity index (χ1) is 9.49. The van der Waals surface area contributed by atoms with E-state index < -0.39 is 5.97 Å². The van der Waals surface area contributed by atoms with Crippen LogP contribution in [0.4, 0.5) is 11.4 Å². The van der Waals surface area contributed by atoms with Crippen LogP contribution in [0, 0.1) is 6.92 Å². The molecular weight excluding hydrogens is 258 g/mol. The second-order valence-corrected chi connectivity index (χ2v) is 4.20. The average Bonchev–Trinajstić information content (AvgIpc) is 2.41. The van der Waals surface area contributed by atoms with Gasteiger partial charge in [0.25, 0.3) is 5.91 Å². The molecule has 6 nitrogen and oxygen atoms in total. The number of benzene rings is 1. The third-order valence-corrected chi connectivity index (χ3v) is 2.80. The maximum absolute atomic E-state index is 12.1. The highest BCUT2D eigenvalue weighted by atomic mass is 16.4. The first-order valence-corrected chi connectivity index (χ1v) is 5.85. The summed E-state index contributed by atoms with van der Waals surface area (Å²) in [5.74, 6) is -1.41. The molecule has 0 saturated carbocycles. The second-order valence-electron chi connectivity index (χ2n) is 4.20. The van der Waals surface area contributed by atoms with E-state index in [4.69, 9.17) is 10.8 Å². The van der Waals surface area contributed by atoms with Gasteiger partial charge in [-0.15, -0.1) is 0 Å². The molecule has 0 radical (unpaired) electrons. The Kier molecular flexibility index (Phi) is 3.65.